The lowest BCUT2D eigenvalue weighted by Crippen LogP contribution is -2.35. The van der Waals surface area contributed by atoms with Crippen LogP contribution in [-0.4, -0.2) is 30.7 Å². The smallest absolute Gasteiger partial charge is 0.258 e. The van der Waals surface area contributed by atoms with E-state index in [0.717, 1.165) is 10.5 Å². The van der Waals surface area contributed by atoms with Crippen LogP contribution < -0.4 is 15.4 Å². The lowest BCUT2D eigenvalue weighted by atomic mass is 10.1. The van der Waals surface area contributed by atoms with Crippen LogP contribution in [0, 0.1) is 5.82 Å². The second-order valence-corrected chi connectivity index (χ2v) is 6.15. The summed E-state index contributed by atoms with van der Waals surface area (Å²) in [5.74, 6) is -1.95. The van der Waals surface area contributed by atoms with E-state index in [-0.39, 0.29) is 24.5 Å². The molecular weight excluding hydrogens is 407 g/mol. The van der Waals surface area contributed by atoms with Gasteiger partial charge in [-0.25, -0.2) is 4.39 Å². The molecule has 0 aliphatic carbocycles. The molecule has 0 saturated heterocycles. The summed E-state index contributed by atoms with van der Waals surface area (Å²) in [6.07, 6.45) is 0. The molecule has 2 N–H and O–H groups in total. The van der Waals surface area contributed by atoms with Crippen LogP contribution in [0.5, 0.6) is 5.75 Å². The molecule has 0 unspecified atom stereocenters. The summed E-state index contributed by atoms with van der Waals surface area (Å²) < 4.78 is 19.5. The normalized spacial score (nSPS) is 10.1. The number of Topliss-reactive ketones (excluding diaryl/α,β-unsaturated/α-hetero) is 1. The van der Waals surface area contributed by atoms with Gasteiger partial charge in [0, 0.05) is 10.5 Å². The minimum absolute atomic E-state index is 0.0504. The molecule has 0 heterocycles. The van der Waals surface area contributed by atoms with Crippen molar-refractivity contribution in [1.82, 2.24) is 5.32 Å². The van der Waals surface area contributed by atoms with E-state index in [1.807, 2.05) is 6.07 Å². The Bertz CT molecular complexity index is 842. The Kier molecular flexibility index (Phi) is 6.85. The number of anilines is 1. The first kappa shape index (κ1) is 19.6. The van der Waals surface area contributed by atoms with Crippen LogP contribution in [-0.2, 0) is 9.59 Å². The predicted octanol–water partition coefficient (Wildman–Crippen LogP) is 2.92. The van der Waals surface area contributed by atoms with E-state index in [1.54, 1.807) is 18.2 Å². The van der Waals surface area contributed by atoms with Crippen molar-refractivity contribution in [1.29, 1.82) is 0 Å². The average Bonchev–Trinajstić information content (AvgIpc) is 2.60. The van der Waals surface area contributed by atoms with Crippen LogP contribution in [0.15, 0.2) is 46.9 Å². The first-order valence-electron chi connectivity index (χ1n) is 7.61. The van der Waals surface area contributed by atoms with Gasteiger partial charge in [-0.15, -0.1) is 0 Å². The van der Waals surface area contributed by atoms with Crippen molar-refractivity contribution in [2.24, 2.45) is 0 Å². The third kappa shape index (κ3) is 5.66. The monoisotopic (exact) mass is 422 g/mol. The third-order valence-corrected chi connectivity index (χ3v) is 3.98. The summed E-state index contributed by atoms with van der Waals surface area (Å²) in [6.45, 7) is 0.633. The van der Waals surface area contributed by atoms with Crippen molar-refractivity contribution in [2.75, 3.05) is 18.5 Å². The highest BCUT2D eigenvalue weighted by molar-refractivity contribution is 9.10. The molecule has 0 saturated carbocycles. The first-order chi connectivity index (χ1) is 12.4. The van der Waals surface area contributed by atoms with Gasteiger partial charge in [0.15, 0.2) is 12.4 Å². The quantitative estimate of drug-likeness (QED) is 0.671. The maximum Gasteiger partial charge on any atom is 0.258 e. The highest BCUT2D eigenvalue weighted by atomic mass is 79.9. The molecule has 0 aliphatic heterocycles. The third-order valence-electron chi connectivity index (χ3n) is 3.28. The number of carbonyl (C=O) groups is 3. The summed E-state index contributed by atoms with van der Waals surface area (Å²) in [6, 6.07) is 10.8. The standard InChI is InChI=1S/C18H16BrFN2O4/c1-11(23)13-7-6-12(8-15(13)20)26-10-18(25)21-9-17(24)22-16-5-3-2-4-14(16)19/h2-8H,9-10H2,1H3,(H,21,25)(H,22,24). The maximum atomic E-state index is 13.7. The predicted molar refractivity (Wildman–Crippen MR) is 97.7 cm³/mol. The number of para-hydroxylation sites is 1. The topological polar surface area (TPSA) is 84.5 Å². The summed E-state index contributed by atoms with van der Waals surface area (Å²) in [7, 11) is 0. The van der Waals surface area contributed by atoms with Gasteiger partial charge in [0.1, 0.15) is 11.6 Å². The van der Waals surface area contributed by atoms with Gasteiger partial charge in [0.2, 0.25) is 5.91 Å². The van der Waals surface area contributed by atoms with E-state index in [2.05, 4.69) is 26.6 Å². The van der Waals surface area contributed by atoms with Crippen molar-refractivity contribution in [3.05, 3.63) is 58.3 Å². The summed E-state index contributed by atoms with van der Waals surface area (Å²) in [5.41, 5.74) is 0.537. The van der Waals surface area contributed by atoms with E-state index in [1.165, 1.54) is 19.1 Å². The Hall–Kier alpha value is -2.74. The van der Waals surface area contributed by atoms with Crippen LogP contribution >= 0.6 is 15.9 Å². The van der Waals surface area contributed by atoms with Gasteiger partial charge < -0.3 is 15.4 Å². The number of rotatable bonds is 7. The molecule has 2 aromatic carbocycles. The summed E-state index contributed by atoms with van der Waals surface area (Å²) in [4.78, 5) is 34.7. The Balaban J connectivity index is 1.78. The fourth-order valence-corrected chi connectivity index (χ4v) is 2.39. The van der Waals surface area contributed by atoms with Crippen molar-refractivity contribution >= 4 is 39.2 Å². The van der Waals surface area contributed by atoms with Gasteiger partial charge in [-0.3, -0.25) is 14.4 Å². The zero-order chi connectivity index (χ0) is 19.1. The molecule has 0 bridgehead atoms. The molecule has 2 aromatic rings. The number of halogens is 2. The lowest BCUT2D eigenvalue weighted by Gasteiger charge is -2.09. The number of hydrogen-bond donors (Lipinski definition) is 2. The number of ether oxygens (including phenoxy) is 1. The minimum Gasteiger partial charge on any atom is -0.484 e. The lowest BCUT2D eigenvalue weighted by molar-refractivity contribution is -0.125. The Morgan fingerprint density at radius 1 is 1.12 bits per heavy atom. The van der Waals surface area contributed by atoms with Gasteiger partial charge in [-0.2, -0.15) is 0 Å². The van der Waals surface area contributed by atoms with Gasteiger partial charge in [-0.1, -0.05) is 12.1 Å². The molecule has 26 heavy (non-hydrogen) atoms. The van der Waals surface area contributed by atoms with Crippen LogP contribution in [0.2, 0.25) is 0 Å². The van der Waals surface area contributed by atoms with Crippen molar-refractivity contribution in [2.45, 2.75) is 6.92 Å². The van der Waals surface area contributed by atoms with E-state index in [4.69, 9.17) is 4.74 Å². The highest BCUT2D eigenvalue weighted by Crippen LogP contribution is 2.20. The van der Waals surface area contributed by atoms with E-state index >= 15 is 0 Å². The molecular formula is C18H16BrFN2O4. The van der Waals surface area contributed by atoms with Gasteiger partial charge in [0.25, 0.3) is 5.91 Å². The second-order valence-electron chi connectivity index (χ2n) is 5.29. The SMILES string of the molecule is CC(=O)c1ccc(OCC(=O)NCC(=O)Nc2ccccc2Br)cc1F. The van der Waals surface area contributed by atoms with Gasteiger partial charge in [-0.05, 0) is 47.1 Å². The Morgan fingerprint density at radius 3 is 2.50 bits per heavy atom. The molecule has 136 valence electrons. The molecule has 8 heteroatoms. The molecule has 0 fully saturated rings. The number of hydrogen-bond acceptors (Lipinski definition) is 4. The van der Waals surface area contributed by atoms with E-state index in [0.29, 0.717) is 5.69 Å². The average molecular weight is 423 g/mol. The molecule has 0 atom stereocenters. The summed E-state index contributed by atoms with van der Waals surface area (Å²) >= 11 is 3.30. The van der Waals surface area contributed by atoms with Crippen LogP contribution in [0.1, 0.15) is 17.3 Å². The highest BCUT2D eigenvalue weighted by Gasteiger charge is 2.11. The molecule has 0 spiro atoms. The van der Waals surface area contributed by atoms with E-state index < -0.39 is 23.4 Å². The number of benzene rings is 2. The van der Waals surface area contributed by atoms with Crippen molar-refractivity contribution < 1.29 is 23.5 Å². The van der Waals surface area contributed by atoms with Crippen LogP contribution in [0.4, 0.5) is 10.1 Å². The fourth-order valence-electron chi connectivity index (χ4n) is 2.01. The molecule has 2 rings (SSSR count). The zero-order valence-electron chi connectivity index (χ0n) is 13.8. The molecule has 0 radical (unpaired) electrons. The number of ketones is 1. The molecule has 0 aromatic heterocycles. The maximum absolute atomic E-state index is 13.7. The second kappa shape index (κ2) is 9.10. The molecule has 0 aliphatic rings. The number of amides is 2. The number of carbonyl (C=O) groups excluding carboxylic acids is 3. The van der Waals surface area contributed by atoms with Crippen molar-refractivity contribution in [3.8, 4) is 5.75 Å². The first-order valence-corrected chi connectivity index (χ1v) is 8.40. The molecule has 6 nitrogen and oxygen atoms in total. The minimum atomic E-state index is -0.719. The van der Waals surface area contributed by atoms with Crippen LogP contribution in [0.3, 0.4) is 0 Å². The largest absolute Gasteiger partial charge is 0.484 e. The Morgan fingerprint density at radius 2 is 1.85 bits per heavy atom. The Labute approximate surface area is 157 Å². The fraction of sp³-hybridized carbons (Fsp3) is 0.167. The van der Waals surface area contributed by atoms with Gasteiger partial charge in [0.05, 0.1) is 17.8 Å². The van der Waals surface area contributed by atoms with Crippen LogP contribution in [0.25, 0.3) is 0 Å². The summed E-state index contributed by atoms with van der Waals surface area (Å²) in [5, 5.41) is 5.04. The zero-order valence-corrected chi connectivity index (χ0v) is 15.4. The van der Waals surface area contributed by atoms with E-state index in [9.17, 15) is 18.8 Å². The number of nitrogens with one attached hydrogen (secondary N) is 2. The molecule has 2 amide bonds. The van der Waals surface area contributed by atoms with Gasteiger partial charge >= 0.3 is 0 Å². The van der Waals surface area contributed by atoms with Crippen molar-refractivity contribution in [3.63, 3.8) is 0 Å².